The van der Waals surface area contributed by atoms with Gasteiger partial charge in [-0.15, -0.1) is 35.7 Å². The van der Waals surface area contributed by atoms with Gasteiger partial charge in [-0.1, -0.05) is 67.0 Å². The summed E-state index contributed by atoms with van der Waals surface area (Å²) in [6, 6.07) is 50.9. The number of aryl methyl sites for hydroxylation is 3. The predicted molar refractivity (Wildman–Crippen MR) is 213 cm³/mol. The monoisotopic (exact) mass is 897 g/mol. The molecule has 0 aliphatic heterocycles. The zero-order valence-electron chi connectivity index (χ0n) is 30.3. The van der Waals surface area contributed by atoms with Crippen LogP contribution in [-0.2, 0) is 21.1 Å². The number of aromatic nitrogens is 4. The standard InChI is InChI=1S/C47H34N4O3.Pt/c1-31-20-21-48-46(26-31)51-42-17-11-10-16-40(42)41-19-18-38(28-43(41)51)52-39-23-32(2)22-35(27-39)50-30-34(29-49-50)47-44(53-36-12-6-4-7-13-36)24-33(3)25-45(47)54-37-14-8-5-9-15-37;/h4-26,29-30H,1-3H3;/q-2;+2. The predicted octanol–water partition coefficient (Wildman–Crippen LogP) is 11.9. The van der Waals surface area contributed by atoms with Crippen LogP contribution in [0, 0.1) is 32.9 Å². The van der Waals surface area contributed by atoms with Crippen molar-refractivity contribution in [2.24, 2.45) is 0 Å². The molecule has 0 radical (unpaired) electrons. The van der Waals surface area contributed by atoms with Crippen molar-refractivity contribution < 1.29 is 35.3 Å². The van der Waals surface area contributed by atoms with Gasteiger partial charge in [0, 0.05) is 35.0 Å². The molecule has 3 aromatic heterocycles. The number of nitrogens with zero attached hydrogens (tertiary/aromatic N) is 4. The molecule has 7 nitrogen and oxygen atoms in total. The summed E-state index contributed by atoms with van der Waals surface area (Å²) in [7, 11) is 0. The first-order chi connectivity index (χ1) is 26.4. The minimum Gasteiger partial charge on any atom is -0.509 e. The number of benzene rings is 6. The summed E-state index contributed by atoms with van der Waals surface area (Å²) in [6.07, 6.45) is 5.61. The van der Waals surface area contributed by atoms with Gasteiger partial charge in [0.05, 0.1) is 11.8 Å². The smallest absolute Gasteiger partial charge is 0.509 e. The summed E-state index contributed by atoms with van der Waals surface area (Å²) in [4.78, 5) is 4.70. The maximum atomic E-state index is 6.49. The van der Waals surface area contributed by atoms with Gasteiger partial charge in [0.2, 0.25) is 0 Å². The van der Waals surface area contributed by atoms with Crippen molar-refractivity contribution >= 4 is 21.8 Å². The molecule has 0 atom stereocenters. The molecule has 9 rings (SSSR count). The van der Waals surface area contributed by atoms with Crippen LogP contribution in [0.25, 0.3) is 44.4 Å². The molecule has 0 bridgehead atoms. The molecule has 0 fully saturated rings. The van der Waals surface area contributed by atoms with Crippen LogP contribution in [0.5, 0.6) is 34.5 Å². The second kappa shape index (κ2) is 15.1. The third-order valence-electron chi connectivity index (χ3n) is 9.15. The average Bonchev–Trinajstić information content (AvgIpc) is 3.79. The second-order valence-corrected chi connectivity index (χ2v) is 13.3. The Morgan fingerprint density at radius 3 is 1.96 bits per heavy atom. The zero-order chi connectivity index (χ0) is 36.6. The molecule has 0 saturated heterocycles. The molecule has 0 amide bonds. The second-order valence-electron chi connectivity index (χ2n) is 13.3. The number of pyridine rings is 1. The molecule has 0 saturated carbocycles. The van der Waals surface area contributed by atoms with Crippen molar-refractivity contribution in [3.8, 4) is 57.1 Å². The quantitative estimate of drug-likeness (QED) is 0.135. The largest absolute Gasteiger partial charge is 2.00 e. The normalized spacial score (nSPS) is 11.0. The van der Waals surface area contributed by atoms with E-state index in [1.54, 1.807) is 4.68 Å². The molecule has 0 unspecified atom stereocenters. The van der Waals surface area contributed by atoms with E-state index in [-0.39, 0.29) is 21.1 Å². The Hall–Kier alpha value is -6.43. The van der Waals surface area contributed by atoms with Gasteiger partial charge >= 0.3 is 21.1 Å². The fraction of sp³-hybridized carbons (Fsp3) is 0.0638. The van der Waals surface area contributed by atoms with E-state index >= 15 is 0 Å². The summed E-state index contributed by atoms with van der Waals surface area (Å²) >= 11 is 0. The van der Waals surface area contributed by atoms with Gasteiger partial charge in [0.1, 0.15) is 28.8 Å². The first kappa shape index (κ1) is 35.6. The summed E-state index contributed by atoms with van der Waals surface area (Å²) in [6.45, 7) is 6.13. The van der Waals surface area contributed by atoms with E-state index in [2.05, 4.69) is 54.0 Å². The summed E-state index contributed by atoms with van der Waals surface area (Å²) < 4.78 is 23.4. The van der Waals surface area contributed by atoms with Crippen LogP contribution in [0.2, 0.25) is 0 Å². The molecule has 0 N–H and O–H groups in total. The molecular formula is C47H34N4O3Pt. The van der Waals surface area contributed by atoms with E-state index in [9.17, 15) is 0 Å². The number of fused-ring (bicyclic) bond motifs is 3. The maximum absolute atomic E-state index is 6.49. The number of hydrogen-bond acceptors (Lipinski definition) is 5. The molecule has 55 heavy (non-hydrogen) atoms. The van der Waals surface area contributed by atoms with Crippen LogP contribution >= 0.6 is 0 Å². The molecule has 9 aromatic rings. The molecule has 8 heteroatoms. The zero-order valence-corrected chi connectivity index (χ0v) is 32.5. The number of hydrogen-bond donors (Lipinski definition) is 0. The van der Waals surface area contributed by atoms with Crippen LogP contribution in [-0.4, -0.2) is 19.3 Å². The fourth-order valence-corrected chi connectivity index (χ4v) is 6.75. The Labute approximate surface area is 333 Å². The van der Waals surface area contributed by atoms with Crippen LogP contribution in [0.1, 0.15) is 16.7 Å². The van der Waals surface area contributed by atoms with E-state index in [1.165, 1.54) is 0 Å². The van der Waals surface area contributed by atoms with Gasteiger partial charge in [-0.3, -0.25) is 4.68 Å². The summed E-state index contributed by atoms with van der Waals surface area (Å²) in [5, 5.41) is 6.99. The van der Waals surface area contributed by atoms with Gasteiger partial charge in [0.15, 0.2) is 0 Å². The third-order valence-corrected chi connectivity index (χ3v) is 9.15. The van der Waals surface area contributed by atoms with Crippen molar-refractivity contribution in [3.63, 3.8) is 0 Å². The van der Waals surface area contributed by atoms with E-state index in [4.69, 9.17) is 24.3 Å². The average molecular weight is 898 g/mol. The Bertz CT molecular complexity index is 2730. The van der Waals surface area contributed by atoms with Crippen molar-refractivity contribution in [1.29, 1.82) is 0 Å². The minimum absolute atomic E-state index is 0. The first-order valence-electron chi connectivity index (χ1n) is 17.7. The molecule has 0 aliphatic rings. The summed E-state index contributed by atoms with van der Waals surface area (Å²) in [5.41, 5.74) is 7.39. The molecule has 0 aliphatic carbocycles. The first-order valence-corrected chi connectivity index (χ1v) is 17.7. The van der Waals surface area contributed by atoms with Gasteiger partial charge in [-0.2, -0.15) is 16.7 Å². The molecule has 0 spiro atoms. The van der Waals surface area contributed by atoms with Gasteiger partial charge in [0.25, 0.3) is 0 Å². The fourth-order valence-electron chi connectivity index (χ4n) is 6.75. The Kier molecular flexibility index (Phi) is 9.79. The van der Waals surface area contributed by atoms with Crippen molar-refractivity contribution in [2.45, 2.75) is 20.8 Å². The van der Waals surface area contributed by atoms with E-state index in [1.807, 2.05) is 136 Å². The summed E-state index contributed by atoms with van der Waals surface area (Å²) in [5.74, 6) is 4.71. The SMILES string of the molecule is Cc1cc(Oc2[c-]c3c(cc2)c2ccccc2n3-c2cc(C)ccn2)[c-]c(-n2cc(-c3c(Oc4ccccc4)cc(C)cc3Oc3ccccc3)cn2)c1.[Pt+2]. The topological polar surface area (TPSA) is 63.3 Å². The van der Waals surface area contributed by atoms with Crippen LogP contribution < -0.4 is 14.2 Å². The van der Waals surface area contributed by atoms with Crippen LogP contribution in [0.3, 0.4) is 0 Å². The molecule has 6 aromatic carbocycles. The maximum Gasteiger partial charge on any atom is 2.00 e. The van der Waals surface area contributed by atoms with Gasteiger partial charge < -0.3 is 18.8 Å². The van der Waals surface area contributed by atoms with E-state index in [0.717, 1.165) is 72.6 Å². The number of rotatable bonds is 9. The molecular weight excluding hydrogens is 864 g/mol. The van der Waals surface area contributed by atoms with Crippen LogP contribution in [0.15, 0.2) is 152 Å². The molecule has 270 valence electrons. The van der Waals surface area contributed by atoms with Crippen molar-refractivity contribution in [2.75, 3.05) is 0 Å². The molecule has 3 heterocycles. The Balaban J connectivity index is 0.00000427. The van der Waals surface area contributed by atoms with Crippen molar-refractivity contribution in [1.82, 2.24) is 19.3 Å². The Morgan fingerprint density at radius 1 is 0.582 bits per heavy atom. The van der Waals surface area contributed by atoms with E-state index < -0.39 is 0 Å². The minimum atomic E-state index is 0. The number of ether oxygens (including phenoxy) is 3. The van der Waals surface area contributed by atoms with Crippen LogP contribution in [0.4, 0.5) is 0 Å². The van der Waals surface area contributed by atoms with E-state index in [0.29, 0.717) is 23.0 Å². The number of para-hydroxylation sites is 3. The third kappa shape index (κ3) is 7.27. The van der Waals surface area contributed by atoms with Crippen molar-refractivity contribution in [3.05, 3.63) is 181 Å². The Morgan fingerprint density at radius 2 is 1.25 bits per heavy atom. The van der Waals surface area contributed by atoms with Gasteiger partial charge in [-0.25, -0.2) is 4.98 Å². The van der Waals surface area contributed by atoms with Gasteiger partial charge in [-0.05, 0) is 90.6 Å².